The monoisotopic (exact) mass is 396 g/mol. The predicted molar refractivity (Wildman–Crippen MR) is 111 cm³/mol. The van der Waals surface area contributed by atoms with Gasteiger partial charge in [-0.3, -0.25) is 9.69 Å². The summed E-state index contributed by atoms with van der Waals surface area (Å²) < 4.78 is 13.3. The number of piperidine rings is 1. The van der Waals surface area contributed by atoms with E-state index in [1.807, 2.05) is 17.0 Å². The van der Waals surface area contributed by atoms with Crippen LogP contribution in [0.3, 0.4) is 0 Å². The summed E-state index contributed by atoms with van der Waals surface area (Å²) in [6.07, 6.45) is 3.96. The summed E-state index contributed by atoms with van der Waals surface area (Å²) in [5, 5.41) is 12.9. The van der Waals surface area contributed by atoms with E-state index in [4.69, 9.17) is 5.11 Å². The Morgan fingerprint density at radius 3 is 2.45 bits per heavy atom. The van der Waals surface area contributed by atoms with Gasteiger partial charge in [0.1, 0.15) is 5.82 Å². The van der Waals surface area contributed by atoms with E-state index in [0.29, 0.717) is 12.0 Å². The first-order valence-electron chi connectivity index (χ1n) is 10.5. The van der Waals surface area contributed by atoms with Crippen LogP contribution in [0.1, 0.15) is 36.3 Å². The zero-order valence-corrected chi connectivity index (χ0v) is 16.7. The first-order valence-corrected chi connectivity index (χ1v) is 10.5. The van der Waals surface area contributed by atoms with Crippen LogP contribution in [0, 0.1) is 11.2 Å². The molecule has 2 atom stereocenters. The number of hydrogen-bond acceptors (Lipinski definition) is 3. The molecular weight excluding hydrogens is 367 g/mol. The molecule has 0 aromatic heterocycles. The van der Waals surface area contributed by atoms with Gasteiger partial charge in [0, 0.05) is 18.5 Å². The Morgan fingerprint density at radius 2 is 1.79 bits per heavy atom. The number of rotatable bonds is 8. The van der Waals surface area contributed by atoms with E-state index >= 15 is 0 Å². The van der Waals surface area contributed by atoms with E-state index in [1.165, 1.54) is 24.1 Å². The summed E-state index contributed by atoms with van der Waals surface area (Å²) in [5.41, 5.74) is 2.63. The van der Waals surface area contributed by atoms with E-state index in [0.717, 1.165) is 44.5 Å². The lowest BCUT2D eigenvalue weighted by molar-refractivity contribution is -0.138. The third-order valence-electron chi connectivity index (χ3n) is 6.53. The van der Waals surface area contributed by atoms with Gasteiger partial charge in [0.2, 0.25) is 0 Å². The molecule has 1 aliphatic heterocycles. The molecule has 2 N–H and O–H groups in total. The largest absolute Gasteiger partial charge is 0.480 e. The Kier molecular flexibility index (Phi) is 5.97. The highest BCUT2D eigenvalue weighted by Gasteiger charge is 2.41. The molecular formula is C24H29FN2O2. The highest BCUT2D eigenvalue weighted by Crippen LogP contribution is 2.42. The number of nitrogens with zero attached hydrogens (tertiary/aromatic N) is 1. The zero-order chi connectivity index (χ0) is 20.3. The van der Waals surface area contributed by atoms with E-state index in [9.17, 15) is 9.18 Å². The van der Waals surface area contributed by atoms with Crippen LogP contribution in [-0.2, 0) is 11.2 Å². The summed E-state index contributed by atoms with van der Waals surface area (Å²) >= 11 is 0. The summed E-state index contributed by atoms with van der Waals surface area (Å²) in [6.45, 7) is 2.61. The fraction of sp³-hybridized carbons (Fsp3) is 0.458. The van der Waals surface area contributed by atoms with Crippen LogP contribution in [-0.4, -0.2) is 48.2 Å². The fourth-order valence-corrected chi connectivity index (χ4v) is 4.66. The maximum absolute atomic E-state index is 13.3. The van der Waals surface area contributed by atoms with Gasteiger partial charge in [0.25, 0.3) is 0 Å². The second-order valence-corrected chi connectivity index (χ2v) is 8.71. The van der Waals surface area contributed by atoms with Gasteiger partial charge < -0.3 is 10.4 Å². The van der Waals surface area contributed by atoms with Crippen molar-refractivity contribution in [3.05, 3.63) is 71.5 Å². The second-order valence-electron chi connectivity index (χ2n) is 8.71. The van der Waals surface area contributed by atoms with Crippen molar-refractivity contribution in [3.63, 3.8) is 0 Å². The minimum atomic E-state index is -0.766. The Bertz CT molecular complexity index is 817. The average Bonchev–Trinajstić information content (AvgIpc) is 3.50. The molecule has 0 bridgehead atoms. The highest BCUT2D eigenvalue weighted by atomic mass is 19.1. The van der Waals surface area contributed by atoms with Crippen LogP contribution in [0.25, 0.3) is 0 Å². The van der Waals surface area contributed by atoms with Gasteiger partial charge in [-0.15, -0.1) is 0 Å². The molecule has 4 nitrogen and oxygen atoms in total. The second kappa shape index (κ2) is 8.64. The maximum atomic E-state index is 13.3. The lowest BCUT2D eigenvalue weighted by atomic mass is 9.73. The van der Waals surface area contributed by atoms with E-state index in [2.05, 4.69) is 35.6 Å². The first kappa shape index (κ1) is 20.0. The van der Waals surface area contributed by atoms with Gasteiger partial charge in [-0.05, 0) is 67.4 Å². The van der Waals surface area contributed by atoms with Crippen LogP contribution in [0.4, 0.5) is 4.39 Å². The molecule has 2 fully saturated rings. The molecule has 1 saturated heterocycles. The maximum Gasteiger partial charge on any atom is 0.317 e. The molecule has 29 heavy (non-hydrogen) atoms. The lowest BCUT2D eigenvalue weighted by Gasteiger charge is -2.42. The van der Waals surface area contributed by atoms with Crippen molar-refractivity contribution >= 4 is 5.97 Å². The van der Waals surface area contributed by atoms with Gasteiger partial charge in [-0.1, -0.05) is 42.5 Å². The molecule has 2 aromatic rings. The van der Waals surface area contributed by atoms with Crippen molar-refractivity contribution in [1.82, 2.24) is 10.2 Å². The molecule has 2 aliphatic rings. The van der Waals surface area contributed by atoms with Crippen molar-refractivity contribution in [2.24, 2.45) is 5.41 Å². The molecule has 1 aliphatic carbocycles. The Morgan fingerprint density at radius 1 is 1.10 bits per heavy atom. The van der Waals surface area contributed by atoms with Gasteiger partial charge in [0.15, 0.2) is 0 Å². The molecule has 5 heteroatoms. The molecule has 2 aromatic carbocycles. The van der Waals surface area contributed by atoms with Gasteiger partial charge in [-0.2, -0.15) is 0 Å². The summed E-state index contributed by atoms with van der Waals surface area (Å²) in [4.78, 5) is 13.1. The molecule has 1 saturated carbocycles. The standard InChI is InChI=1S/C24H29FN2O2/c25-20-8-6-18(7-9-20)15-24(10-12-27(13-11-24)16-23(28)29)17-26-22-14-21(22)19-4-2-1-3-5-19/h1-9,21-22,26H,10-17H2,(H,28,29)/t21-,22+/m0/s1. The summed E-state index contributed by atoms with van der Waals surface area (Å²) in [7, 11) is 0. The van der Waals surface area contributed by atoms with Crippen LogP contribution in [0.2, 0.25) is 0 Å². The smallest absolute Gasteiger partial charge is 0.317 e. The number of hydrogen-bond donors (Lipinski definition) is 2. The van der Waals surface area contributed by atoms with Crippen LogP contribution >= 0.6 is 0 Å². The number of benzene rings is 2. The van der Waals surface area contributed by atoms with Crippen LogP contribution in [0.15, 0.2) is 54.6 Å². The third kappa shape index (κ3) is 5.22. The van der Waals surface area contributed by atoms with Crippen molar-refractivity contribution in [1.29, 1.82) is 0 Å². The SMILES string of the molecule is O=C(O)CN1CCC(CN[C@@H]2C[C@H]2c2ccccc2)(Cc2ccc(F)cc2)CC1. The van der Waals surface area contributed by atoms with Crippen molar-refractivity contribution in [2.75, 3.05) is 26.2 Å². The number of carboxylic acid groups (broad SMARTS) is 1. The lowest BCUT2D eigenvalue weighted by Crippen LogP contribution is -2.48. The normalized spacial score (nSPS) is 23.6. The third-order valence-corrected chi connectivity index (χ3v) is 6.53. The highest BCUT2D eigenvalue weighted by molar-refractivity contribution is 5.69. The topological polar surface area (TPSA) is 52.6 Å². The fourth-order valence-electron chi connectivity index (χ4n) is 4.66. The van der Waals surface area contributed by atoms with Gasteiger partial charge in [0.05, 0.1) is 6.54 Å². The molecule has 4 rings (SSSR count). The molecule has 1 heterocycles. The quantitative estimate of drug-likeness (QED) is 0.715. The number of nitrogens with one attached hydrogen (secondary N) is 1. The Hall–Kier alpha value is -2.24. The van der Waals surface area contributed by atoms with Gasteiger partial charge in [-0.25, -0.2) is 4.39 Å². The zero-order valence-electron chi connectivity index (χ0n) is 16.7. The number of halogens is 1. The Balaban J connectivity index is 1.40. The number of aliphatic carboxylic acids is 1. The minimum absolute atomic E-state index is 0.0800. The van der Waals surface area contributed by atoms with Gasteiger partial charge >= 0.3 is 5.97 Å². The van der Waals surface area contributed by atoms with E-state index < -0.39 is 5.97 Å². The van der Waals surface area contributed by atoms with E-state index in [-0.39, 0.29) is 17.8 Å². The molecule has 0 unspecified atom stereocenters. The summed E-state index contributed by atoms with van der Waals surface area (Å²) in [5.74, 6) is -0.384. The Labute approximate surface area is 171 Å². The van der Waals surface area contributed by atoms with E-state index in [1.54, 1.807) is 0 Å². The molecule has 0 amide bonds. The molecule has 154 valence electrons. The first-order chi connectivity index (χ1) is 14.0. The van der Waals surface area contributed by atoms with Crippen molar-refractivity contribution in [3.8, 4) is 0 Å². The number of carbonyl (C=O) groups is 1. The summed E-state index contributed by atoms with van der Waals surface area (Å²) in [6, 6.07) is 18.0. The van der Waals surface area contributed by atoms with Crippen LogP contribution < -0.4 is 5.32 Å². The predicted octanol–water partition coefficient (Wildman–Crippen LogP) is 3.68. The molecule has 0 spiro atoms. The van der Waals surface area contributed by atoms with Crippen molar-refractivity contribution in [2.45, 2.75) is 37.6 Å². The minimum Gasteiger partial charge on any atom is -0.480 e. The number of carboxylic acids is 1. The van der Waals surface area contributed by atoms with Crippen LogP contribution in [0.5, 0.6) is 0 Å². The van der Waals surface area contributed by atoms with Crippen molar-refractivity contribution < 1.29 is 14.3 Å². The average molecular weight is 397 g/mol. The molecule has 0 radical (unpaired) electrons. The number of likely N-dealkylation sites (tertiary alicyclic amines) is 1.